The second kappa shape index (κ2) is 15.6. The van der Waals surface area contributed by atoms with Crippen molar-refractivity contribution in [1.29, 1.82) is 0 Å². The summed E-state index contributed by atoms with van der Waals surface area (Å²) in [5.41, 5.74) is -0.787. The molecule has 0 aromatic heterocycles. The number of alkyl halides is 3. The van der Waals surface area contributed by atoms with Gasteiger partial charge in [0.1, 0.15) is 12.6 Å². The molecule has 0 bridgehead atoms. The second-order valence-corrected chi connectivity index (χ2v) is 14.2. The predicted molar refractivity (Wildman–Crippen MR) is 182 cm³/mol. The van der Waals surface area contributed by atoms with E-state index in [4.69, 9.17) is 34.8 Å². The molecule has 14 heteroatoms. The minimum atomic E-state index is -4.93. The van der Waals surface area contributed by atoms with Crippen LogP contribution in [0.1, 0.15) is 30.5 Å². The van der Waals surface area contributed by atoms with Crippen LogP contribution in [0.25, 0.3) is 0 Å². The summed E-state index contributed by atoms with van der Waals surface area (Å²) in [5, 5.41) is 2.53. The monoisotopic (exact) mass is 739 g/mol. The number of halogens is 6. The molecule has 0 heterocycles. The van der Waals surface area contributed by atoms with Crippen molar-refractivity contribution < 1.29 is 31.2 Å². The van der Waals surface area contributed by atoms with Gasteiger partial charge in [-0.1, -0.05) is 89.4 Å². The lowest BCUT2D eigenvalue weighted by Gasteiger charge is -2.34. The third-order valence-electron chi connectivity index (χ3n) is 7.25. The Morgan fingerprint density at radius 2 is 1.40 bits per heavy atom. The van der Waals surface area contributed by atoms with Crippen molar-refractivity contribution in [1.82, 2.24) is 10.2 Å². The number of anilines is 1. The summed E-state index contributed by atoms with van der Waals surface area (Å²) in [7, 11) is -4.65. The zero-order chi connectivity index (χ0) is 35.2. The Morgan fingerprint density at radius 3 is 1.96 bits per heavy atom. The van der Waals surface area contributed by atoms with Crippen LogP contribution in [0.3, 0.4) is 0 Å². The molecule has 48 heavy (non-hydrogen) atoms. The van der Waals surface area contributed by atoms with Crippen LogP contribution in [-0.2, 0) is 38.8 Å². The molecule has 0 aliphatic carbocycles. The minimum absolute atomic E-state index is 0.0117. The van der Waals surface area contributed by atoms with E-state index >= 15 is 0 Å². The molecule has 4 rings (SSSR count). The van der Waals surface area contributed by atoms with Crippen molar-refractivity contribution in [3.05, 3.63) is 129 Å². The van der Waals surface area contributed by atoms with E-state index in [-0.39, 0.29) is 39.5 Å². The standard InChI is InChI=1S/C34H31Cl3F3N3O4S/c1-22(2)41-33(45)31(18-23-10-5-3-6-11-23)42(20-26-28(35)14-9-15-29(26)36)32(44)21-43(48(46,47)25-12-7-4-8-13-25)24-16-17-30(37)27(19-24)34(38,39)40/h3-17,19,22,31H,18,20-21H2,1-2H3,(H,41,45)/t31-/m1/s1. The van der Waals surface area contributed by atoms with Crippen molar-refractivity contribution in [3.63, 3.8) is 0 Å². The molecule has 0 fully saturated rings. The van der Waals surface area contributed by atoms with Gasteiger partial charge in [-0.15, -0.1) is 0 Å². The molecular formula is C34H31Cl3F3N3O4S. The number of benzene rings is 4. The second-order valence-electron chi connectivity index (χ2n) is 11.1. The Hall–Kier alpha value is -3.77. The van der Waals surface area contributed by atoms with Gasteiger partial charge in [-0.2, -0.15) is 13.2 Å². The molecule has 0 radical (unpaired) electrons. The van der Waals surface area contributed by atoms with E-state index in [2.05, 4.69) is 5.32 Å². The van der Waals surface area contributed by atoms with Crippen LogP contribution >= 0.6 is 34.8 Å². The van der Waals surface area contributed by atoms with Crippen molar-refractivity contribution in [3.8, 4) is 0 Å². The summed E-state index contributed by atoms with van der Waals surface area (Å²) in [4.78, 5) is 29.2. The number of carbonyl (C=O) groups excluding carboxylic acids is 2. The first kappa shape index (κ1) is 37.1. The number of nitrogens with one attached hydrogen (secondary N) is 1. The van der Waals surface area contributed by atoms with Crippen LogP contribution < -0.4 is 9.62 Å². The van der Waals surface area contributed by atoms with Gasteiger partial charge in [0.05, 0.1) is 21.2 Å². The van der Waals surface area contributed by atoms with Gasteiger partial charge in [0.25, 0.3) is 10.0 Å². The lowest BCUT2D eigenvalue weighted by molar-refractivity contribution is -0.140. The minimum Gasteiger partial charge on any atom is -0.352 e. The first-order valence-corrected chi connectivity index (χ1v) is 17.2. The zero-order valence-electron chi connectivity index (χ0n) is 25.7. The van der Waals surface area contributed by atoms with Gasteiger partial charge in [-0.3, -0.25) is 13.9 Å². The number of hydrogen-bond acceptors (Lipinski definition) is 4. The summed E-state index contributed by atoms with van der Waals surface area (Å²) in [6.07, 6.45) is -4.92. The van der Waals surface area contributed by atoms with Crippen LogP contribution in [0.2, 0.25) is 15.1 Å². The predicted octanol–water partition coefficient (Wildman–Crippen LogP) is 8.03. The quantitative estimate of drug-likeness (QED) is 0.160. The lowest BCUT2D eigenvalue weighted by atomic mass is 10.0. The summed E-state index contributed by atoms with van der Waals surface area (Å²) in [6.45, 7) is 2.16. The summed E-state index contributed by atoms with van der Waals surface area (Å²) in [6, 6.07) is 21.5. The van der Waals surface area contributed by atoms with Crippen LogP contribution in [0.4, 0.5) is 18.9 Å². The molecule has 0 aliphatic rings. The molecule has 4 aromatic carbocycles. The molecular weight excluding hydrogens is 710 g/mol. The van der Waals surface area contributed by atoms with Crippen LogP contribution in [0, 0.1) is 0 Å². The highest BCUT2D eigenvalue weighted by Crippen LogP contribution is 2.38. The molecule has 0 spiro atoms. The average Bonchev–Trinajstić information content (AvgIpc) is 3.03. The Balaban J connectivity index is 1.89. The highest BCUT2D eigenvalue weighted by molar-refractivity contribution is 7.92. The fourth-order valence-corrected chi connectivity index (χ4v) is 7.09. The third-order valence-corrected chi connectivity index (χ3v) is 10.1. The van der Waals surface area contributed by atoms with E-state index in [1.54, 1.807) is 68.4 Å². The van der Waals surface area contributed by atoms with Crippen molar-refractivity contribution in [2.75, 3.05) is 10.8 Å². The van der Waals surface area contributed by atoms with Crippen LogP contribution in [-0.4, -0.2) is 43.8 Å². The molecule has 2 amide bonds. The van der Waals surface area contributed by atoms with E-state index in [0.717, 1.165) is 17.0 Å². The summed E-state index contributed by atoms with van der Waals surface area (Å²) < 4.78 is 70.5. The highest BCUT2D eigenvalue weighted by Gasteiger charge is 2.38. The maximum Gasteiger partial charge on any atom is 0.417 e. The Labute approximate surface area is 292 Å². The van der Waals surface area contributed by atoms with Crippen LogP contribution in [0.5, 0.6) is 0 Å². The molecule has 0 aliphatic heterocycles. The molecule has 1 N–H and O–H groups in total. The largest absolute Gasteiger partial charge is 0.417 e. The number of sulfonamides is 1. The highest BCUT2D eigenvalue weighted by atomic mass is 35.5. The van der Waals surface area contributed by atoms with Gasteiger partial charge in [0.2, 0.25) is 11.8 Å². The number of hydrogen-bond donors (Lipinski definition) is 1. The molecule has 0 unspecified atom stereocenters. The smallest absolute Gasteiger partial charge is 0.352 e. The molecule has 0 saturated carbocycles. The van der Waals surface area contributed by atoms with Crippen molar-refractivity contribution >= 4 is 62.3 Å². The maximum atomic E-state index is 14.5. The summed E-state index contributed by atoms with van der Waals surface area (Å²) >= 11 is 18.8. The number of nitrogens with zero attached hydrogens (tertiary/aromatic N) is 2. The number of amides is 2. The molecule has 7 nitrogen and oxygen atoms in total. The normalized spacial score (nSPS) is 12.4. The molecule has 4 aromatic rings. The zero-order valence-corrected chi connectivity index (χ0v) is 28.8. The molecule has 1 atom stereocenters. The topological polar surface area (TPSA) is 86.8 Å². The fraction of sp³-hybridized carbons (Fsp3) is 0.235. The van der Waals surface area contributed by atoms with E-state index in [0.29, 0.717) is 15.9 Å². The Bertz CT molecular complexity index is 1840. The maximum absolute atomic E-state index is 14.5. The SMILES string of the molecule is CC(C)NC(=O)[C@@H](Cc1ccccc1)N(Cc1c(Cl)cccc1Cl)C(=O)CN(c1ccc(Cl)c(C(F)(F)F)c1)S(=O)(=O)c1ccccc1. The Morgan fingerprint density at radius 1 is 0.812 bits per heavy atom. The third kappa shape index (κ3) is 9.02. The van der Waals surface area contributed by atoms with Gasteiger partial charge >= 0.3 is 6.18 Å². The van der Waals surface area contributed by atoms with Gasteiger partial charge < -0.3 is 10.2 Å². The molecule has 254 valence electrons. The van der Waals surface area contributed by atoms with E-state index < -0.39 is 56.9 Å². The van der Waals surface area contributed by atoms with Gasteiger partial charge in [-0.05, 0) is 61.9 Å². The first-order chi connectivity index (χ1) is 22.6. The average molecular weight is 741 g/mol. The van der Waals surface area contributed by atoms with E-state index in [1.807, 2.05) is 0 Å². The Kier molecular flexibility index (Phi) is 12.1. The lowest BCUT2D eigenvalue weighted by Crippen LogP contribution is -2.54. The molecule has 0 saturated heterocycles. The van der Waals surface area contributed by atoms with E-state index in [1.165, 1.54) is 24.3 Å². The van der Waals surface area contributed by atoms with Crippen molar-refractivity contribution in [2.24, 2.45) is 0 Å². The fourth-order valence-electron chi connectivity index (χ4n) is 4.92. The van der Waals surface area contributed by atoms with E-state index in [9.17, 15) is 31.2 Å². The van der Waals surface area contributed by atoms with Crippen molar-refractivity contribution in [2.45, 2.75) is 50.0 Å². The number of rotatable bonds is 12. The summed E-state index contributed by atoms with van der Waals surface area (Å²) in [5.74, 6) is -1.46. The van der Waals surface area contributed by atoms with Gasteiger partial charge in [0.15, 0.2) is 0 Å². The number of carbonyl (C=O) groups is 2. The van der Waals surface area contributed by atoms with Gasteiger partial charge in [-0.25, -0.2) is 8.42 Å². The first-order valence-electron chi connectivity index (χ1n) is 14.6. The van der Waals surface area contributed by atoms with Crippen LogP contribution in [0.15, 0.2) is 102 Å². The van der Waals surface area contributed by atoms with Gasteiger partial charge in [0, 0.05) is 34.6 Å².